The molecule has 0 bridgehead atoms. The summed E-state index contributed by atoms with van der Waals surface area (Å²) < 4.78 is 0. The molecule has 1 aromatic heterocycles. The van der Waals surface area contributed by atoms with E-state index in [4.69, 9.17) is 5.26 Å². The number of nitrogens with zero attached hydrogens (tertiary/aromatic N) is 2. The van der Waals surface area contributed by atoms with Gasteiger partial charge in [-0.15, -0.1) is 0 Å². The van der Waals surface area contributed by atoms with Crippen LogP contribution in [0.4, 0.5) is 5.69 Å². The Morgan fingerprint density at radius 2 is 1.89 bits per heavy atom. The molecule has 0 aliphatic carbocycles. The highest BCUT2D eigenvalue weighted by Crippen LogP contribution is 2.11. The molecule has 4 heteroatoms. The van der Waals surface area contributed by atoms with Crippen molar-refractivity contribution >= 4 is 11.6 Å². The van der Waals surface area contributed by atoms with Crippen LogP contribution in [0.3, 0.4) is 0 Å². The van der Waals surface area contributed by atoms with E-state index < -0.39 is 5.92 Å². The summed E-state index contributed by atoms with van der Waals surface area (Å²) in [6.07, 6.45) is 3.69. The number of carbonyl (C=O) groups is 1. The number of nitrogens with one attached hydrogen (secondary N) is 1. The summed E-state index contributed by atoms with van der Waals surface area (Å²) in [5, 5.41) is 11.8. The third kappa shape index (κ3) is 3.65. The molecule has 0 spiro atoms. The molecule has 1 atom stereocenters. The molecule has 0 aliphatic rings. The van der Waals surface area contributed by atoms with Crippen LogP contribution in [0.5, 0.6) is 0 Å². The molecule has 1 heterocycles. The number of aromatic nitrogens is 1. The smallest absolute Gasteiger partial charge is 0.242 e. The van der Waals surface area contributed by atoms with Crippen LogP contribution in [0.15, 0.2) is 54.9 Å². The van der Waals surface area contributed by atoms with Gasteiger partial charge in [-0.05, 0) is 36.2 Å². The summed E-state index contributed by atoms with van der Waals surface area (Å²) in [4.78, 5) is 15.9. The minimum absolute atomic E-state index is 0.287. The number of rotatable bonds is 4. The predicted molar refractivity (Wildman–Crippen MR) is 72.1 cm³/mol. The van der Waals surface area contributed by atoms with Gasteiger partial charge in [0.2, 0.25) is 5.91 Å². The van der Waals surface area contributed by atoms with Crippen LogP contribution in [0, 0.1) is 17.2 Å². The van der Waals surface area contributed by atoms with Gasteiger partial charge in [0.1, 0.15) is 5.92 Å². The summed E-state index contributed by atoms with van der Waals surface area (Å²) in [7, 11) is 0. The first-order chi connectivity index (χ1) is 9.29. The summed E-state index contributed by atoms with van der Waals surface area (Å²) in [5.41, 5.74) is 1.62. The number of hydrogen-bond donors (Lipinski definition) is 1. The van der Waals surface area contributed by atoms with Crippen molar-refractivity contribution in [2.24, 2.45) is 5.92 Å². The van der Waals surface area contributed by atoms with E-state index in [0.29, 0.717) is 12.1 Å². The summed E-state index contributed by atoms with van der Waals surface area (Å²) >= 11 is 0. The number of anilines is 1. The van der Waals surface area contributed by atoms with Gasteiger partial charge in [-0.1, -0.05) is 18.2 Å². The van der Waals surface area contributed by atoms with Crippen LogP contribution >= 0.6 is 0 Å². The number of nitriles is 1. The molecule has 1 amide bonds. The van der Waals surface area contributed by atoms with E-state index in [-0.39, 0.29) is 5.91 Å². The van der Waals surface area contributed by atoms with Crippen molar-refractivity contribution in [2.45, 2.75) is 6.42 Å². The average Bonchev–Trinajstić information content (AvgIpc) is 2.47. The molecule has 0 unspecified atom stereocenters. The molecule has 0 radical (unpaired) electrons. The first-order valence-electron chi connectivity index (χ1n) is 5.94. The molecule has 2 rings (SSSR count). The van der Waals surface area contributed by atoms with Crippen molar-refractivity contribution in [3.63, 3.8) is 0 Å². The van der Waals surface area contributed by atoms with E-state index in [2.05, 4.69) is 10.3 Å². The van der Waals surface area contributed by atoms with Gasteiger partial charge in [-0.3, -0.25) is 9.78 Å². The SMILES string of the molecule is N#C[C@@H](Cc1ccncc1)C(=O)Nc1ccccc1. The molecular formula is C15H13N3O. The number of para-hydroxylation sites is 1. The van der Waals surface area contributed by atoms with Gasteiger partial charge in [-0.2, -0.15) is 5.26 Å². The highest BCUT2D eigenvalue weighted by molar-refractivity contribution is 5.94. The van der Waals surface area contributed by atoms with Crippen LogP contribution in [0.1, 0.15) is 5.56 Å². The fourth-order valence-electron chi connectivity index (χ4n) is 1.70. The molecule has 2 aromatic rings. The van der Waals surface area contributed by atoms with Crippen LogP contribution in [-0.4, -0.2) is 10.9 Å². The molecule has 0 fully saturated rings. The highest BCUT2D eigenvalue weighted by Gasteiger charge is 2.18. The normalized spacial score (nSPS) is 11.3. The van der Waals surface area contributed by atoms with Crippen LogP contribution in [0.25, 0.3) is 0 Å². The third-order valence-corrected chi connectivity index (χ3v) is 2.70. The van der Waals surface area contributed by atoms with Crippen molar-refractivity contribution in [1.82, 2.24) is 4.98 Å². The number of amides is 1. The maximum atomic E-state index is 12.0. The van der Waals surface area contributed by atoms with Gasteiger partial charge < -0.3 is 5.32 Å². The fourth-order valence-corrected chi connectivity index (χ4v) is 1.70. The monoisotopic (exact) mass is 251 g/mol. The van der Waals surface area contributed by atoms with E-state index in [1.807, 2.05) is 24.3 Å². The quantitative estimate of drug-likeness (QED) is 0.907. The second-order valence-corrected chi connectivity index (χ2v) is 4.10. The van der Waals surface area contributed by atoms with Crippen molar-refractivity contribution in [1.29, 1.82) is 5.26 Å². The van der Waals surface area contributed by atoms with E-state index in [1.54, 1.807) is 36.7 Å². The second kappa shape index (κ2) is 6.31. The average molecular weight is 251 g/mol. The Labute approximate surface area is 111 Å². The van der Waals surface area contributed by atoms with Crippen LogP contribution < -0.4 is 5.32 Å². The lowest BCUT2D eigenvalue weighted by molar-refractivity contribution is -0.118. The lowest BCUT2D eigenvalue weighted by Gasteiger charge is -2.10. The van der Waals surface area contributed by atoms with Crippen LogP contribution in [0.2, 0.25) is 0 Å². The minimum Gasteiger partial charge on any atom is -0.325 e. The summed E-state index contributed by atoms with van der Waals surface area (Å²) in [6.45, 7) is 0. The Morgan fingerprint density at radius 3 is 2.53 bits per heavy atom. The third-order valence-electron chi connectivity index (χ3n) is 2.70. The van der Waals surface area contributed by atoms with Gasteiger partial charge in [0, 0.05) is 18.1 Å². The number of benzene rings is 1. The zero-order valence-electron chi connectivity index (χ0n) is 10.3. The molecule has 0 saturated carbocycles. The van der Waals surface area contributed by atoms with Crippen molar-refractivity contribution in [2.75, 3.05) is 5.32 Å². The second-order valence-electron chi connectivity index (χ2n) is 4.10. The van der Waals surface area contributed by atoms with Gasteiger partial charge >= 0.3 is 0 Å². The van der Waals surface area contributed by atoms with Crippen molar-refractivity contribution in [3.05, 3.63) is 60.4 Å². The zero-order valence-corrected chi connectivity index (χ0v) is 10.3. The minimum atomic E-state index is -0.706. The Kier molecular flexibility index (Phi) is 4.25. The van der Waals surface area contributed by atoms with Gasteiger partial charge in [-0.25, -0.2) is 0 Å². The van der Waals surface area contributed by atoms with Crippen molar-refractivity contribution < 1.29 is 4.79 Å². The Morgan fingerprint density at radius 1 is 1.21 bits per heavy atom. The molecule has 1 N–H and O–H groups in total. The van der Waals surface area contributed by atoms with E-state index in [1.165, 1.54) is 0 Å². The van der Waals surface area contributed by atoms with Crippen LogP contribution in [-0.2, 0) is 11.2 Å². The molecule has 1 aromatic carbocycles. The molecule has 19 heavy (non-hydrogen) atoms. The molecule has 0 aliphatic heterocycles. The highest BCUT2D eigenvalue weighted by atomic mass is 16.1. The number of hydrogen-bond acceptors (Lipinski definition) is 3. The summed E-state index contributed by atoms with van der Waals surface area (Å²) in [5.74, 6) is -0.992. The zero-order chi connectivity index (χ0) is 13.5. The molecule has 94 valence electrons. The Bertz CT molecular complexity index is 575. The Hall–Kier alpha value is -2.67. The van der Waals surface area contributed by atoms with E-state index >= 15 is 0 Å². The topological polar surface area (TPSA) is 65.8 Å². The first-order valence-corrected chi connectivity index (χ1v) is 5.94. The fraction of sp³-hybridized carbons (Fsp3) is 0.133. The number of pyridine rings is 1. The first kappa shape index (κ1) is 12.8. The Balaban J connectivity index is 2.02. The largest absolute Gasteiger partial charge is 0.325 e. The van der Waals surface area contributed by atoms with Gasteiger partial charge in [0.05, 0.1) is 6.07 Å². The maximum absolute atomic E-state index is 12.0. The molecule has 0 saturated heterocycles. The standard InChI is InChI=1S/C15H13N3O/c16-11-13(10-12-6-8-17-9-7-12)15(19)18-14-4-2-1-3-5-14/h1-9,13H,10H2,(H,18,19)/t13-/m1/s1. The van der Waals surface area contributed by atoms with Crippen molar-refractivity contribution in [3.8, 4) is 6.07 Å². The van der Waals surface area contributed by atoms with E-state index in [0.717, 1.165) is 5.56 Å². The van der Waals surface area contributed by atoms with E-state index in [9.17, 15) is 4.79 Å². The summed E-state index contributed by atoms with van der Waals surface area (Å²) in [6, 6.07) is 14.8. The number of carbonyl (C=O) groups excluding carboxylic acids is 1. The van der Waals surface area contributed by atoms with Gasteiger partial charge in [0.25, 0.3) is 0 Å². The molecular weight excluding hydrogens is 238 g/mol. The lowest BCUT2D eigenvalue weighted by Crippen LogP contribution is -2.23. The predicted octanol–water partition coefficient (Wildman–Crippen LogP) is 2.40. The maximum Gasteiger partial charge on any atom is 0.242 e. The van der Waals surface area contributed by atoms with Gasteiger partial charge in [0.15, 0.2) is 0 Å². The molecule has 4 nitrogen and oxygen atoms in total. The lowest BCUT2D eigenvalue weighted by atomic mass is 10.0.